The Balaban J connectivity index is 2.16. The summed E-state index contributed by atoms with van der Waals surface area (Å²) in [4.78, 5) is 0.115. The van der Waals surface area contributed by atoms with Gasteiger partial charge in [0.2, 0.25) is 10.0 Å². The lowest BCUT2D eigenvalue weighted by atomic mass is 10.1. The van der Waals surface area contributed by atoms with E-state index in [0.29, 0.717) is 11.5 Å². The first-order chi connectivity index (χ1) is 9.46. The van der Waals surface area contributed by atoms with E-state index in [2.05, 4.69) is 4.72 Å². The van der Waals surface area contributed by atoms with Crippen molar-refractivity contribution in [3.8, 4) is 11.5 Å². The number of aliphatic hydroxyl groups excluding tert-OH is 1. The molecule has 1 saturated carbocycles. The molecule has 1 aromatic rings. The molecule has 0 spiro atoms. The molecule has 0 bridgehead atoms. The molecule has 0 saturated heterocycles. The summed E-state index contributed by atoms with van der Waals surface area (Å²) in [6.45, 7) is 0.252. The largest absolute Gasteiger partial charge is 0.493 e. The van der Waals surface area contributed by atoms with Crippen LogP contribution < -0.4 is 14.2 Å². The zero-order valence-corrected chi connectivity index (χ0v) is 12.4. The first-order valence-electron chi connectivity index (χ1n) is 6.29. The predicted octanol–water partition coefficient (Wildman–Crippen LogP) is 0.755. The smallest absolute Gasteiger partial charge is 0.240 e. The van der Waals surface area contributed by atoms with Crippen molar-refractivity contribution in [1.82, 2.24) is 4.72 Å². The Morgan fingerprint density at radius 1 is 1.25 bits per heavy atom. The fourth-order valence-electron chi connectivity index (χ4n) is 1.88. The van der Waals surface area contributed by atoms with E-state index < -0.39 is 10.0 Å². The molecule has 0 amide bonds. The number of hydrogen-bond donors (Lipinski definition) is 2. The van der Waals surface area contributed by atoms with Crippen LogP contribution in [-0.2, 0) is 10.0 Å². The number of benzene rings is 1. The lowest BCUT2D eigenvalue weighted by Gasteiger charge is -2.14. The SMILES string of the molecule is COc1ccc(S(=O)(=O)NCC2(CO)CC2)cc1OC. The summed E-state index contributed by atoms with van der Waals surface area (Å²) < 4.78 is 37.1. The summed E-state index contributed by atoms with van der Waals surface area (Å²) in [5.41, 5.74) is -0.274. The maximum atomic E-state index is 12.2. The number of hydrogen-bond acceptors (Lipinski definition) is 5. The Hall–Kier alpha value is -1.31. The average molecular weight is 301 g/mol. The maximum Gasteiger partial charge on any atom is 0.240 e. The molecular formula is C13H19NO5S. The van der Waals surface area contributed by atoms with Crippen LogP contribution in [0.15, 0.2) is 23.1 Å². The third-order valence-corrected chi connectivity index (χ3v) is 4.99. The van der Waals surface area contributed by atoms with E-state index in [0.717, 1.165) is 12.8 Å². The normalized spacial score (nSPS) is 16.8. The van der Waals surface area contributed by atoms with E-state index >= 15 is 0 Å². The van der Waals surface area contributed by atoms with Crippen LogP contribution in [0.3, 0.4) is 0 Å². The van der Waals surface area contributed by atoms with Gasteiger partial charge in [-0.2, -0.15) is 0 Å². The van der Waals surface area contributed by atoms with Crippen molar-refractivity contribution in [2.75, 3.05) is 27.4 Å². The Bertz CT molecular complexity index is 580. The van der Waals surface area contributed by atoms with Crippen molar-refractivity contribution < 1.29 is 23.0 Å². The van der Waals surface area contributed by atoms with Gasteiger partial charge in [0.05, 0.1) is 19.1 Å². The van der Waals surface area contributed by atoms with Crippen LogP contribution in [-0.4, -0.2) is 40.9 Å². The standard InChI is InChI=1S/C13H19NO5S/c1-18-11-4-3-10(7-12(11)19-2)20(16,17)14-8-13(9-15)5-6-13/h3-4,7,14-15H,5-6,8-9H2,1-2H3. The van der Waals surface area contributed by atoms with Gasteiger partial charge in [0, 0.05) is 24.6 Å². The molecule has 0 aromatic heterocycles. The third-order valence-electron chi connectivity index (χ3n) is 3.60. The summed E-state index contributed by atoms with van der Waals surface area (Å²) in [6, 6.07) is 4.42. The molecule has 2 N–H and O–H groups in total. The Kier molecular flexibility index (Phi) is 4.22. The number of ether oxygens (including phenoxy) is 2. The lowest BCUT2D eigenvalue weighted by Crippen LogP contribution is -2.31. The van der Waals surface area contributed by atoms with E-state index in [1.807, 2.05) is 0 Å². The highest BCUT2D eigenvalue weighted by atomic mass is 32.2. The predicted molar refractivity (Wildman–Crippen MR) is 73.5 cm³/mol. The van der Waals surface area contributed by atoms with E-state index in [9.17, 15) is 13.5 Å². The van der Waals surface area contributed by atoms with Gasteiger partial charge in [-0.1, -0.05) is 0 Å². The van der Waals surface area contributed by atoms with E-state index in [1.54, 1.807) is 6.07 Å². The molecule has 20 heavy (non-hydrogen) atoms. The number of methoxy groups -OCH3 is 2. The van der Waals surface area contributed by atoms with E-state index in [4.69, 9.17) is 9.47 Å². The second-order valence-electron chi connectivity index (χ2n) is 5.00. The minimum Gasteiger partial charge on any atom is -0.493 e. The van der Waals surface area contributed by atoms with E-state index in [-0.39, 0.29) is 23.5 Å². The molecule has 2 rings (SSSR count). The van der Waals surface area contributed by atoms with Crippen LogP contribution in [0.4, 0.5) is 0 Å². The molecule has 0 atom stereocenters. The van der Waals surface area contributed by atoms with Gasteiger partial charge in [-0.15, -0.1) is 0 Å². The molecule has 1 aliphatic carbocycles. The second-order valence-corrected chi connectivity index (χ2v) is 6.77. The van der Waals surface area contributed by atoms with Crippen LogP contribution in [0, 0.1) is 5.41 Å². The maximum absolute atomic E-state index is 12.2. The van der Waals surface area contributed by atoms with Crippen LogP contribution in [0.25, 0.3) is 0 Å². The first-order valence-corrected chi connectivity index (χ1v) is 7.77. The zero-order valence-electron chi connectivity index (χ0n) is 11.5. The van der Waals surface area contributed by atoms with Gasteiger partial charge >= 0.3 is 0 Å². The quantitative estimate of drug-likeness (QED) is 0.776. The molecule has 0 unspecified atom stereocenters. The number of rotatable bonds is 7. The number of sulfonamides is 1. The Morgan fingerprint density at radius 2 is 1.90 bits per heavy atom. The van der Waals surface area contributed by atoms with Crippen LogP contribution in [0.2, 0.25) is 0 Å². The molecule has 6 nitrogen and oxygen atoms in total. The minimum absolute atomic E-state index is 0.00144. The fraction of sp³-hybridized carbons (Fsp3) is 0.538. The zero-order chi connectivity index (χ0) is 14.8. The van der Waals surface area contributed by atoms with Crippen LogP contribution >= 0.6 is 0 Å². The first kappa shape index (κ1) is 15.1. The molecule has 0 aliphatic heterocycles. The van der Waals surface area contributed by atoms with Gasteiger partial charge in [0.1, 0.15) is 0 Å². The van der Waals surface area contributed by atoms with Crippen molar-refractivity contribution in [3.05, 3.63) is 18.2 Å². The molecule has 0 radical (unpaired) electrons. The fourth-order valence-corrected chi connectivity index (χ4v) is 3.05. The van der Waals surface area contributed by atoms with Gasteiger partial charge in [0.25, 0.3) is 0 Å². The Morgan fingerprint density at radius 3 is 2.40 bits per heavy atom. The van der Waals surface area contributed by atoms with Gasteiger partial charge in [-0.25, -0.2) is 13.1 Å². The van der Waals surface area contributed by atoms with Crippen molar-refractivity contribution in [2.24, 2.45) is 5.41 Å². The highest BCUT2D eigenvalue weighted by Crippen LogP contribution is 2.44. The molecule has 1 aliphatic rings. The third kappa shape index (κ3) is 3.05. The van der Waals surface area contributed by atoms with Crippen LogP contribution in [0.1, 0.15) is 12.8 Å². The van der Waals surface area contributed by atoms with Gasteiger partial charge < -0.3 is 14.6 Å². The second kappa shape index (κ2) is 5.59. The molecule has 1 fully saturated rings. The van der Waals surface area contributed by atoms with E-state index in [1.165, 1.54) is 26.4 Å². The van der Waals surface area contributed by atoms with Crippen molar-refractivity contribution in [1.29, 1.82) is 0 Å². The summed E-state index contributed by atoms with van der Waals surface area (Å²) >= 11 is 0. The molecule has 7 heteroatoms. The van der Waals surface area contributed by atoms with Gasteiger partial charge in [-0.05, 0) is 25.0 Å². The summed E-state index contributed by atoms with van der Waals surface area (Å²) in [5.74, 6) is 0.833. The number of nitrogens with one attached hydrogen (secondary N) is 1. The lowest BCUT2D eigenvalue weighted by molar-refractivity contribution is 0.213. The minimum atomic E-state index is -3.62. The topological polar surface area (TPSA) is 84.9 Å². The molecule has 112 valence electrons. The summed E-state index contributed by atoms with van der Waals surface area (Å²) in [6.07, 6.45) is 1.69. The number of aliphatic hydroxyl groups is 1. The summed E-state index contributed by atoms with van der Waals surface area (Å²) in [5, 5.41) is 9.20. The highest BCUT2D eigenvalue weighted by molar-refractivity contribution is 7.89. The van der Waals surface area contributed by atoms with Crippen molar-refractivity contribution in [2.45, 2.75) is 17.7 Å². The van der Waals surface area contributed by atoms with Gasteiger partial charge in [0.15, 0.2) is 11.5 Å². The van der Waals surface area contributed by atoms with Crippen molar-refractivity contribution in [3.63, 3.8) is 0 Å². The molecular weight excluding hydrogens is 282 g/mol. The van der Waals surface area contributed by atoms with Crippen molar-refractivity contribution >= 4 is 10.0 Å². The Labute approximate surface area is 118 Å². The van der Waals surface area contributed by atoms with Gasteiger partial charge in [-0.3, -0.25) is 0 Å². The monoisotopic (exact) mass is 301 g/mol. The molecule has 0 heterocycles. The highest BCUT2D eigenvalue weighted by Gasteiger charge is 2.42. The average Bonchev–Trinajstić information content (AvgIpc) is 3.25. The van der Waals surface area contributed by atoms with Crippen LogP contribution in [0.5, 0.6) is 11.5 Å². The molecule has 1 aromatic carbocycles. The summed E-state index contributed by atoms with van der Waals surface area (Å²) in [7, 11) is -0.678.